The summed E-state index contributed by atoms with van der Waals surface area (Å²) in [6, 6.07) is 22.2. The first-order valence-corrected chi connectivity index (χ1v) is 12.1. The normalized spacial score (nSPS) is 19.0. The lowest BCUT2D eigenvalue weighted by molar-refractivity contribution is -0.123. The summed E-state index contributed by atoms with van der Waals surface area (Å²) in [5.74, 6) is 0.107. The minimum absolute atomic E-state index is 0.107. The maximum absolute atomic E-state index is 13.8. The van der Waals surface area contributed by atoms with E-state index in [1.165, 1.54) is 0 Å². The van der Waals surface area contributed by atoms with E-state index in [1.54, 1.807) is 4.90 Å². The molecule has 1 aliphatic rings. The second kappa shape index (κ2) is 8.48. The van der Waals surface area contributed by atoms with E-state index < -0.39 is 5.41 Å². The summed E-state index contributed by atoms with van der Waals surface area (Å²) < 4.78 is 3.00. The Bertz CT molecular complexity index is 1080. The number of hydrogen-bond acceptors (Lipinski definition) is 2. The first-order valence-electron chi connectivity index (χ1n) is 9.72. The summed E-state index contributed by atoms with van der Waals surface area (Å²) >= 11 is 10.6. The number of likely N-dealkylation sites (N-methyl/N-ethyl adjacent to an activating group) is 1. The Morgan fingerprint density at radius 2 is 1.47 bits per heavy atom. The van der Waals surface area contributed by atoms with Crippen LogP contribution in [0.5, 0.6) is 0 Å². The van der Waals surface area contributed by atoms with Crippen LogP contribution in [0.1, 0.15) is 30.5 Å². The van der Waals surface area contributed by atoms with Gasteiger partial charge in [0, 0.05) is 31.8 Å². The topological polar surface area (TPSA) is 32.3 Å². The van der Waals surface area contributed by atoms with Crippen molar-refractivity contribution in [3.05, 3.63) is 91.3 Å². The van der Waals surface area contributed by atoms with E-state index in [-0.39, 0.29) is 11.9 Å². The molecule has 0 spiro atoms. The molecule has 3 aromatic rings. The Balaban J connectivity index is 1.92. The van der Waals surface area contributed by atoms with Crippen LogP contribution in [-0.2, 0) is 10.2 Å². The maximum Gasteiger partial charge on any atom is 0.239 e. The van der Waals surface area contributed by atoms with Gasteiger partial charge in [0.2, 0.25) is 5.91 Å². The molecule has 6 heteroatoms. The Morgan fingerprint density at radius 3 is 2.07 bits per heavy atom. The highest BCUT2D eigenvalue weighted by Crippen LogP contribution is 2.52. The summed E-state index contributed by atoms with van der Waals surface area (Å²) in [5, 5.41) is 3.69. The number of halogens is 3. The van der Waals surface area contributed by atoms with Crippen molar-refractivity contribution in [2.45, 2.75) is 24.8 Å². The zero-order chi connectivity index (χ0) is 21.5. The van der Waals surface area contributed by atoms with E-state index in [0.29, 0.717) is 6.42 Å². The average Bonchev–Trinajstić information content (AvgIpc) is 2.95. The lowest BCUT2D eigenvalue weighted by Gasteiger charge is -2.37. The molecule has 1 amide bonds. The van der Waals surface area contributed by atoms with Crippen molar-refractivity contribution in [3.63, 3.8) is 0 Å². The zero-order valence-electron chi connectivity index (χ0n) is 16.6. The first-order chi connectivity index (χ1) is 14.4. The molecule has 30 heavy (non-hydrogen) atoms. The van der Waals surface area contributed by atoms with Gasteiger partial charge < -0.3 is 10.2 Å². The fourth-order valence-electron chi connectivity index (χ4n) is 4.37. The van der Waals surface area contributed by atoms with Crippen molar-refractivity contribution in [1.29, 1.82) is 0 Å². The number of carbonyl (C=O) groups excluding carboxylic acids is 1. The molecule has 0 saturated carbocycles. The molecule has 3 aromatic carbocycles. The fourth-order valence-corrected chi connectivity index (χ4v) is 5.26. The van der Waals surface area contributed by atoms with Crippen LogP contribution in [0.4, 0.5) is 11.4 Å². The third-order valence-corrected chi connectivity index (χ3v) is 7.45. The number of amides is 1. The smallest absolute Gasteiger partial charge is 0.239 e. The molecule has 0 bridgehead atoms. The van der Waals surface area contributed by atoms with Gasteiger partial charge in [-0.2, -0.15) is 0 Å². The van der Waals surface area contributed by atoms with Crippen molar-refractivity contribution < 1.29 is 4.79 Å². The molecule has 2 atom stereocenters. The number of rotatable bonds is 5. The third kappa shape index (κ3) is 3.63. The van der Waals surface area contributed by atoms with Crippen LogP contribution in [0.15, 0.2) is 80.1 Å². The summed E-state index contributed by atoms with van der Waals surface area (Å²) in [6.45, 7) is 2.09. The van der Waals surface area contributed by atoms with E-state index in [2.05, 4.69) is 78.2 Å². The van der Waals surface area contributed by atoms with Gasteiger partial charge in [0.15, 0.2) is 0 Å². The van der Waals surface area contributed by atoms with Gasteiger partial charge in [0.1, 0.15) is 5.41 Å². The molecule has 0 radical (unpaired) electrons. The summed E-state index contributed by atoms with van der Waals surface area (Å²) in [7, 11) is 1.87. The number of carbonyl (C=O) groups is 1. The van der Waals surface area contributed by atoms with Gasteiger partial charge in [-0.1, -0.05) is 66.8 Å². The van der Waals surface area contributed by atoms with Gasteiger partial charge in [-0.25, -0.2) is 0 Å². The summed E-state index contributed by atoms with van der Waals surface area (Å²) in [5.41, 5.74) is 3.32. The Kier molecular flexibility index (Phi) is 6.11. The Hall–Kier alpha value is -1.63. The van der Waals surface area contributed by atoms with Crippen molar-refractivity contribution >= 4 is 65.1 Å². The van der Waals surface area contributed by atoms with Crippen LogP contribution >= 0.6 is 47.8 Å². The molecule has 4 rings (SSSR count). The van der Waals surface area contributed by atoms with Gasteiger partial charge in [-0.3, -0.25) is 4.79 Å². The number of anilines is 2. The highest BCUT2D eigenvalue weighted by molar-refractivity contribution is 9.11. The average molecular weight is 593 g/mol. The number of fused-ring (bicyclic) bond motifs is 1. The highest BCUT2D eigenvalue weighted by atomic mass is 79.9. The lowest BCUT2D eigenvalue weighted by atomic mass is 9.70. The van der Waals surface area contributed by atoms with E-state index in [1.807, 2.05) is 55.6 Å². The van der Waals surface area contributed by atoms with Gasteiger partial charge in [0.25, 0.3) is 0 Å². The van der Waals surface area contributed by atoms with Crippen LogP contribution in [0.3, 0.4) is 0 Å². The molecule has 0 unspecified atom stereocenters. The molecule has 0 aromatic heterocycles. The second-order valence-electron chi connectivity index (χ2n) is 7.49. The van der Waals surface area contributed by atoms with E-state index >= 15 is 0 Å². The van der Waals surface area contributed by atoms with Crippen molar-refractivity contribution in [3.8, 4) is 0 Å². The minimum atomic E-state index is -0.727. The SMILES string of the molecule is CC[C@@]1([C@@H](Nc2ccc(Br)cc2)c2ccc(Br)cc2)C(=O)N(C)c2ccc(Br)cc21. The van der Waals surface area contributed by atoms with Gasteiger partial charge >= 0.3 is 0 Å². The largest absolute Gasteiger partial charge is 0.377 e. The Labute approximate surface area is 202 Å². The predicted molar refractivity (Wildman–Crippen MR) is 134 cm³/mol. The zero-order valence-corrected chi connectivity index (χ0v) is 21.4. The van der Waals surface area contributed by atoms with Crippen LogP contribution in [0, 0.1) is 0 Å². The van der Waals surface area contributed by atoms with Crippen LogP contribution < -0.4 is 10.2 Å². The van der Waals surface area contributed by atoms with E-state index in [4.69, 9.17) is 0 Å². The quantitative estimate of drug-likeness (QED) is 0.334. The van der Waals surface area contributed by atoms with Gasteiger partial charge in [0.05, 0.1) is 6.04 Å². The number of nitrogens with zero attached hydrogens (tertiary/aromatic N) is 1. The summed E-state index contributed by atoms with van der Waals surface area (Å²) in [6.07, 6.45) is 0.671. The Morgan fingerprint density at radius 1 is 0.900 bits per heavy atom. The van der Waals surface area contributed by atoms with E-state index in [0.717, 1.165) is 35.9 Å². The predicted octanol–water partition coefficient (Wildman–Crippen LogP) is 7.45. The third-order valence-electron chi connectivity index (χ3n) is 5.90. The van der Waals surface area contributed by atoms with Gasteiger partial charge in [-0.15, -0.1) is 0 Å². The molecule has 3 nitrogen and oxygen atoms in total. The highest BCUT2D eigenvalue weighted by Gasteiger charge is 2.54. The number of hydrogen-bond donors (Lipinski definition) is 1. The first kappa shape index (κ1) is 21.6. The monoisotopic (exact) mass is 590 g/mol. The second-order valence-corrected chi connectivity index (χ2v) is 10.2. The molecule has 1 N–H and O–H groups in total. The standard InChI is InChI=1S/C24H21Br3N2O/c1-3-24(20-14-18(27)10-13-21(20)29(2)23(24)30)22(15-4-6-16(25)7-5-15)28-19-11-8-17(26)9-12-19/h4-14,22,28H,3H2,1-2H3/t22-,24+/m0/s1. The number of nitrogens with one attached hydrogen (secondary N) is 1. The van der Waals surface area contributed by atoms with Crippen molar-refractivity contribution in [1.82, 2.24) is 0 Å². The molecule has 1 aliphatic heterocycles. The molecule has 0 saturated heterocycles. The fraction of sp³-hybridized carbons (Fsp3) is 0.208. The molecule has 1 heterocycles. The molecule has 0 aliphatic carbocycles. The van der Waals surface area contributed by atoms with Crippen molar-refractivity contribution in [2.24, 2.45) is 0 Å². The molecular weight excluding hydrogens is 572 g/mol. The van der Waals surface area contributed by atoms with Gasteiger partial charge in [-0.05, 0) is 72.1 Å². The van der Waals surface area contributed by atoms with E-state index in [9.17, 15) is 4.79 Å². The maximum atomic E-state index is 13.8. The molecule has 0 fully saturated rings. The molecular formula is C24H21Br3N2O. The van der Waals surface area contributed by atoms with Crippen molar-refractivity contribution in [2.75, 3.05) is 17.3 Å². The van der Waals surface area contributed by atoms with Crippen LogP contribution in [0.2, 0.25) is 0 Å². The summed E-state index contributed by atoms with van der Waals surface area (Å²) in [4.78, 5) is 15.6. The molecule has 154 valence electrons. The lowest BCUT2D eigenvalue weighted by Crippen LogP contribution is -2.45. The van der Waals surface area contributed by atoms with Crippen LogP contribution in [-0.4, -0.2) is 13.0 Å². The van der Waals surface area contributed by atoms with Crippen LogP contribution in [0.25, 0.3) is 0 Å². The number of benzene rings is 3. The minimum Gasteiger partial charge on any atom is -0.377 e.